The Kier molecular flexibility index (Phi) is 4.00. The van der Waals surface area contributed by atoms with Crippen LogP contribution in [0.5, 0.6) is 0 Å². The van der Waals surface area contributed by atoms with Crippen LogP contribution in [0.1, 0.15) is 35.7 Å². The third-order valence-electron chi connectivity index (χ3n) is 2.93. The summed E-state index contributed by atoms with van der Waals surface area (Å²) in [6.45, 7) is 6.34. The number of carbonyl (C=O) groups excluding carboxylic acids is 1. The maximum atomic E-state index is 12.4. The van der Waals surface area contributed by atoms with Gasteiger partial charge in [0.15, 0.2) is 5.69 Å². The molecule has 0 atom stereocenters. The minimum atomic E-state index is -0.101. The van der Waals surface area contributed by atoms with E-state index in [1.54, 1.807) is 17.9 Å². The number of aromatic nitrogens is 1. The Morgan fingerprint density at radius 1 is 1.32 bits per heavy atom. The second-order valence-corrected chi connectivity index (χ2v) is 4.84. The summed E-state index contributed by atoms with van der Waals surface area (Å²) in [5.41, 5.74) is 1.46. The van der Waals surface area contributed by atoms with E-state index in [2.05, 4.69) is 5.16 Å². The highest BCUT2D eigenvalue weighted by Gasteiger charge is 2.21. The third kappa shape index (κ3) is 3.22. The number of aryl methyl sites for hydroxylation is 1. The molecule has 100 valence electrons. The van der Waals surface area contributed by atoms with Gasteiger partial charge in [-0.3, -0.25) is 4.79 Å². The van der Waals surface area contributed by atoms with E-state index in [0.717, 1.165) is 5.56 Å². The zero-order valence-electron chi connectivity index (χ0n) is 11.5. The number of hydrogen-bond donors (Lipinski definition) is 0. The maximum absolute atomic E-state index is 12.4. The SMILES string of the molecule is Cc1cc(C(=O)N(Cc2ccccc2)C(C)C)no1. The molecule has 4 heteroatoms. The zero-order chi connectivity index (χ0) is 13.8. The molecule has 19 heavy (non-hydrogen) atoms. The van der Waals surface area contributed by atoms with Gasteiger partial charge in [0.2, 0.25) is 0 Å². The number of rotatable bonds is 4. The van der Waals surface area contributed by atoms with Gasteiger partial charge in [0.05, 0.1) is 0 Å². The van der Waals surface area contributed by atoms with E-state index in [1.165, 1.54) is 0 Å². The fourth-order valence-electron chi connectivity index (χ4n) is 1.88. The summed E-state index contributed by atoms with van der Waals surface area (Å²) in [5, 5.41) is 3.79. The largest absolute Gasteiger partial charge is 0.361 e. The molecule has 0 aliphatic heterocycles. The first-order chi connectivity index (χ1) is 9.08. The summed E-state index contributed by atoms with van der Waals surface area (Å²) in [5.74, 6) is 0.544. The average Bonchev–Trinajstić information content (AvgIpc) is 2.83. The molecule has 1 amide bonds. The number of nitrogens with zero attached hydrogens (tertiary/aromatic N) is 2. The van der Waals surface area contributed by atoms with E-state index >= 15 is 0 Å². The van der Waals surface area contributed by atoms with Crippen molar-refractivity contribution in [2.45, 2.75) is 33.4 Å². The number of benzene rings is 1. The fraction of sp³-hybridized carbons (Fsp3) is 0.333. The molecule has 0 N–H and O–H groups in total. The lowest BCUT2D eigenvalue weighted by atomic mass is 10.1. The number of hydrogen-bond acceptors (Lipinski definition) is 3. The first-order valence-corrected chi connectivity index (χ1v) is 6.36. The second kappa shape index (κ2) is 5.69. The van der Waals surface area contributed by atoms with Crippen molar-refractivity contribution >= 4 is 5.91 Å². The molecule has 0 fully saturated rings. The molecule has 1 aromatic heterocycles. The molecule has 0 radical (unpaired) electrons. The van der Waals surface area contributed by atoms with E-state index in [9.17, 15) is 4.79 Å². The molecule has 2 aromatic rings. The van der Waals surface area contributed by atoms with Gasteiger partial charge in [-0.15, -0.1) is 0 Å². The van der Waals surface area contributed by atoms with Crippen LogP contribution >= 0.6 is 0 Å². The van der Waals surface area contributed by atoms with Crippen molar-refractivity contribution in [3.8, 4) is 0 Å². The van der Waals surface area contributed by atoms with Crippen molar-refractivity contribution < 1.29 is 9.32 Å². The molecule has 0 spiro atoms. The lowest BCUT2D eigenvalue weighted by Gasteiger charge is -2.25. The fourth-order valence-corrected chi connectivity index (χ4v) is 1.88. The standard InChI is InChI=1S/C15H18N2O2/c1-11(2)17(10-13-7-5-4-6-8-13)15(18)14-9-12(3)19-16-14/h4-9,11H,10H2,1-3H3. The Labute approximate surface area is 113 Å². The van der Waals surface area contributed by atoms with E-state index in [4.69, 9.17) is 4.52 Å². The second-order valence-electron chi connectivity index (χ2n) is 4.84. The van der Waals surface area contributed by atoms with Gasteiger partial charge in [0, 0.05) is 18.7 Å². The molecule has 4 nitrogen and oxygen atoms in total. The third-order valence-corrected chi connectivity index (χ3v) is 2.93. The zero-order valence-corrected chi connectivity index (χ0v) is 11.5. The predicted octanol–water partition coefficient (Wildman–Crippen LogP) is 3.03. The van der Waals surface area contributed by atoms with Crippen LogP contribution in [0.25, 0.3) is 0 Å². The quantitative estimate of drug-likeness (QED) is 0.846. The van der Waals surface area contributed by atoms with Crippen molar-refractivity contribution in [2.24, 2.45) is 0 Å². The van der Waals surface area contributed by atoms with Crippen LogP contribution in [0, 0.1) is 6.92 Å². The van der Waals surface area contributed by atoms with Crippen LogP contribution in [0.15, 0.2) is 40.9 Å². The predicted molar refractivity (Wildman–Crippen MR) is 72.7 cm³/mol. The highest BCUT2D eigenvalue weighted by atomic mass is 16.5. The summed E-state index contributed by atoms with van der Waals surface area (Å²) in [6.07, 6.45) is 0. The highest BCUT2D eigenvalue weighted by molar-refractivity contribution is 5.92. The van der Waals surface area contributed by atoms with Crippen LogP contribution in [0.2, 0.25) is 0 Å². The minimum Gasteiger partial charge on any atom is -0.361 e. The van der Waals surface area contributed by atoms with Gasteiger partial charge < -0.3 is 9.42 Å². The smallest absolute Gasteiger partial charge is 0.276 e. The summed E-state index contributed by atoms with van der Waals surface area (Å²) in [6, 6.07) is 11.7. The van der Waals surface area contributed by atoms with E-state index in [-0.39, 0.29) is 11.9 Å². The summed E-state index contributed by atoms with van der Waals surface area (Å²) in [7, 11) is 0. The van der Waals surface area contributed by atoms with Crippen LogP contribution in [0.3, 0.4) is 0 Å². The number of amides is 1. The molecule has 2 rings (SSSR count). The van der Waals surface area contributed by atoms with Gasteiger partial charge in [-0.2, -0.15) is 0 Å². The van der Waals surface area contributed by atoms with Gasteiger partial charge in [-0.25, -0.2) is 0 Å². The summed E-state index contributed by atoms with van der Waals surface area (Å²) < 4.78 is 4.97. The maximum Gasteiger partial charge on any atom is 0.276 e. The molecule has 0 aliphatic rings. The van der Waals surface area contributed by atoms with Crippen LogP contribution in [-0.4, -0.2) is 22.0 Å². The van der Waals surface area contributed by atoms with Crippen molar-refractivity contribution in [1.82, 2.24) is 10.1 Å². The number of carbonyl (C=O) groups is 1. The van der Waals surface area contributed by atoms with E-state index in [0.29, 0.717) is 18.0 Å². The summed E-state index contributed by atoms with van der Waals surface area (Å²) in [4.78, 5) is 14.2. The Hall–Kier alpha value is -2.10. The topological polar surface area (TPSA) is 46.3 Å². The molecule has 0 saturated carbocycles. The van der Waals surface area contributed by atoms with Crippen LogP contribution in [-0.2, 0) is 6.54 Å². The molecule has 0 unspecified atom stereocenters. The Morgan fingerprint density at radius 2 is 2.00 bits per heavy atom. The molecule has 0 bridgehead atoms. The van der Waals surface area contributed by atoms with Crippen molar-refractivity contribution in [1.29, 1.82) is 0 Å². The first kappa shape index (κ1) is 13.3. The summed E-state index contributed by atoms with van der Waals surface area (Å²) >= 11 is 0. The molecule has 0 saturated heterocycles. The molecule has 0 aliphatic carbocycles. The van der Waals surface area contributed by atoms with E-state index in [1.807, 2.05) is 44.2 Å². The molecular weight excluding hydrogens is 240 g/mol. The minimum absolute atomic E-state index is 0.101. The van der Waals surface area contributed by atoms with Gasteiger partial charge in [-0.05, 0) is 26.3 Å². The molecule has 1 heterocycles. The van der Waals surface area contributed by atoms with Crippen molar-refractivity contribution in [2.75, 3.05) is 0 Å². The monoisotopic (exact) mass is 258 g/mol. The van der Waals surface area contributed by atoms with Gasteiger partial charge in [-0.1, -0.05) is 35.5 Å². The van der Waals surface area contributed by atoms with Crippen LogP contribution in [0.4, 0.5) is 0 Å². The average molecular weight is 258 g/mol. The van der Waals surface area contributed by atoms with Crippen molar-refractivity contribution in [3.05, 3.63) is 53.4 Å². The Bertz CT molecular complexity index is 546. The lowest BCUT2D eigenvalue weighted by Crippen LogP contribution is -2.36. The molecular formula is C15H18N2O2. The first-order valence-electron chi connectivity index (χ1n) is 6.36. The van der Waals surface area contributed by atoms with Gasteiger partial charge in [0.1, 0.15) is 5.76 Å². The van der Waals surface area contributed by atoms with Crippen molar-refractivity contribution in [3.63, 3.8) is 0 Å². The van der Waals surface area contributed by atoms with Crippen LogP contribution < -0.4 is 0 Å². The molecule has 1 aromatic carbocycles. The highest BCUT2D eigenvalue weighted by Crippen LogP contribution is 2.13. The van der Waals surface area contributed by atoms with Gasteiger partial charge >= 0.3 is 0 Å². The lowest BCUT2D eigenvalue weighted by molar-refractivity contribution is 0.0679. The van der Waals surface area contributed by atoms with E-state index < -0.39 is 0 Å². The Balaban J connectivity index is 2.19. The van der Waals surface area contributed by atoms with Gasteiger partial charge in [0.25, 0.3) is 5.91 Å². The normalized spacial score (nSPS) is 10.7. The Morgan fingerprint density at radius 3 is 2.53 bits per heavy atom.